The van der Waals surface area contributed by atoms with Crippen molar-refractivity contribution in [1.82, 2.24) is 19.5 Å². The van der Waals surface area contributed by atoms with E-state index in [4.69, 9.17) is 19.4 Å². The van der Waals surface area contributed by atoms with Gasteiger partial charge in [-0.1, -0.05) is 164 Å². The molecule has 5 nitrogen and oxygen atoms in total. The second-order valence-electron chi connectivity index (χ2n) is 15.6. The van der Waals surface area contributed by atoms with E-state index in [1.165, 1.54) is 43.2 Å². The zero-order valence-corrected chi connectivity index (χ0v) is 32.2. The number of fused-ring (bicyclic) bond motifs is 12. The predicted molar refractivity (Wildman–Crippen MR) is 248 cm³/mol. The molecule has 0 saturated carbocycles. The van der Waals surface area contributed by atoms with E-state index in [9.17, 15) is 0 Å². The molecule has 0 aliphatic carbocycles. The van der Waals surface area contributed by atoms with E-state index in [-0.39, 0.29) is 0 Å². The molecule has 0 amide bonds. The van der Waals surface area contributed by atoms with E-state index in [1.807, 2.05) is 30.3 Å². The van der Waals surface area contributed by atoms with Crippen LogP contribution >= 0.6 is 0 Å². The number of aromatic nitrogens is 4. The Morgan fingerprint density at radius 1 is 0.333 bits per heavy atom. The smallest absolute Gasteiger partial charge is 0.167 e. The topological polar surface area (TPSA) is 56.7 Å². The van der Waals surface area contributed by atoms with Crippen molar-refractivity contribution in [2.24, 2.45) is 0 Å². The monoisotopic (exact) mass is 764 g/mol. The van der Waals surface area contributed by atoms with Crippen LogP contribution in [0.1, 0.15) is 0 Å². The number of furan rings is 1. The Labute approximate surface area is 343 Å². The van der Waals surface area contributed by atoms with Gasteiger partial charge in [-0.15, -0.1) is 0 Å². The van der Waals surface area contributed by atoms with Gasteiger partial charge in [0.1, 0.15) is 11.2 Å². The van der Waals surface area contributed by atoms with Crippen LogP contribution in [0, 0.1) is 0 Å². The van der Waals surface area contributed by atoms with Gasteiger partial charge in [-0.25, -0.2) is 15.0 Å². The predicted octanol–water partition coefficient (Wildman–Crippen LogP) is 14.5. The molecular weight excluding hydrogens is 733 g/mol. The van der Waals surface area contributed by atoms with Crippen LogP contribution in [0.5, 0.6) is 0 Å². The second kappa shape index (κ2) is 12.7. The molecule has 13 rings (SSSR count). The summed E-state index contributed by atoms with van der Waals surface area (Å²) < 4.78 is 9.55. The molecule has 0 unspecified atom stereocenters. The van der Waals surface area contributed by atoms with Crippen molar-refractivity contribution in [2.45, 2.75) is 0 Å². The number of nitrogens with zero attached hydrogens (tertiary/aromatic N) is 4. The number of rotatable bonds is 4. The molecule has 278 valence electrons. The average Bonchev–Trinajstić information content (AvgIpc) is 3.86. The Kier molecular flexibility index (Phi) is 6.95. The van der Waals surface area contributed by atoms with Crippen LogP contribution in [0.2, 0.25) is 0 Å². The van der Waals surface area contributed by atoms with Gasteiger partial charge in [0, 0.05) is 48.8 Å². The number of hydrogen-bond donors (Lipinski definition) is 0. The highest BCUT2D eigenvalue weighted by Gasteiger charge is 2.23. The van der Waals surface area contributed by atoms with Gasteiger partial charge in [-0.05, 0) is 57.3 Å². The molecule has 13 aromatic rings. The van der Waals surface area contributed by atoms with Crippen molar-refractivity contribution in [3.63, 3.8) is 0 Å². The SMILES string of the molecule is c1ccc(-c2nc(-c3ccc4ccccc4c3)nc(-c3cccc4c3oc3c5ccccc5c(-n5c6cc7ccccc7cc6c6ccc7ccccc7c65)cc43)n2)cc1. The largest absolute Gasteiger partial charge is 0.455 e. The minimum Gasteiger partial charge on any atom is -0.455 e. The van der Waals surface area contributed by atoms with Gasteiger partial charge in [0.25, 0.3) is 0 Å². The first-order chi connectivity index (χ1) is 29.7. The van der Waals surface area contributed by atoms with Gasteiger partial charge in [0.05, 0.1) is 22.3 Å². The minimum absolute atomic E-state index is 0.557. The third kappa shape index (κ3) is 4.90. The lowest BCUT2D eigenvalue weighted by Gasteiger charge is -2.14. The summed E-state index contributed by atoms with van der Waals surface area (Å²) in [6.45, 7) is 0. The molecule has 60 heavy (non-hydrogen) atoms. The van der Waals surface area contributed by atoms with Crippen molar-refractivity contribution in [3.8, 4) is 39.9 Å². The molecular formula is C55H32N4O. The zero-order valence-electron chi connectivity index (χ0n) is 32.2. The molecule has 0 fully saturated rings. The molecule has 3 heterocycles. The van der Waals surface area contributed by atoms with Crippen LogP contribution in [0.25, 0.3) is 127 Å². The fourth-order valence-electron chi connectivity index (χ4n) is 9.35. The summed E-state index contributed by atoms with van der Waals surface area (Å²) in [5.41, 5.74) is 7.68. The Balaban J connectivity index is 1.10. The van der Waals surface area contributed by atoms with Crippen molar-refractivity contribution >= 4 is 86.8 Å². The molecule has 3 aromatic heterocycles. The molecule has 0 aliphatic rings. The Bertz CT molecular complexity index is 3900. The van der Waals surface area contributed by atoms with Gasteiger partial charge in [0.15, 0.2) is 17.5 Å². The van der Waals surface area contributed by atoms with Crippen molar-refractivity contribution in [2.75, 3.05) is 0 Å². The first-order valence-electron chi connectivity index (χ1n) is 20.3. The summed E-state index contributed by atoms with van der Waals surface area (Å²) in [5.74, 6) is 1.77. The molecule has 0 saturated heterocycles. The Hall–Kier alpha value is -8.15. The lowest BCUT2D eigenvalue weighted by molar-refractivity contribution is 0.673. The minimum atomic E-state index is 0.557. The fourth-order valence-corrected chi connectivity index (χ4v) is 9.35. The molecule has 0 bridgehead atoms. The molecule has 5 heteroatoms. The van der Waals surface area contributed by atoms with Crippen LogP contribution in [-0.2, 0) is 0 Å². The lowest BCUT2D eigenvalue weighted by atomic mass is 10.0. The summed E-state index contributed by atoms with van der Waals surface area (Å²) >= 11 is 0. The first-order valence-corrected chi connectivity index (χ1v) is 20.3. The maximum Gasteiger partial charge on any atom is 0.167 e. The highest BCUT2D eigenvalue weighted by Crippen LogP contribution is 2.44. The Morgan fingerprint density at radius 3 is 1.75 bits per heavy atom. The van der Waals surface area contributed by atoms with E-state index in [1.54, 1.807) is 0 Å². The fraction of sp³-hybridized carbons (Fsp3) is 0. The third-order valence-corrected chi connectivity index (χ3v) is 12.2. The molecule has 0 N–H and O–H groups in total. The Morgan fingerprint density at radius 2 is 0.933 bits per heavy atom. The third-order valence-electron chi connectivity index (χ3n) is 12.2. The van der Waals surface area contributed by atoms with E-state index in [0.29, 0.717) is 17.5 Å². The lowest BCUT2D eigenvalue weighted by Crippen LogP contribution is -2.00. The number of para-hydroxylation sites is 1. The molecule has 10 aromatic carbocycles. The van der Waals surface area contributed by atoms with Gasteiger partial charge in [0.2, 0.25) is 0 Å². The van der Waals surface area contributed by atoms with Crippen LogP contribution in [0.15, 0.2) is 199 Å². The maximum atomic E-state index is 7.07. The molecule has 0 atom stereocenters. The van der Waals surface area contributed by atoms with E-state index < -0.39 is 0 Å². The van der Waals surface area contributed by atoms with E-state index in [2.05, 4.69) is 168 Å². The normalized spacial score (nSPS) is 12.0. The quantitative estimate of drug-likeness (QED) is 0.179. The zero-order chi connectivity index (χ0) is 39.3. The molecule has 0 radical (unpaired) electrons. The van der Waals surface area contributed by atoms with E-state index in [0.717, 1.165) is 66.0 Å². The van der Waals surface area contributed by atoms with Gasteiger partial charge in [-0.3, -0.25) is 0 Å². The second-order valence-corrected chi connectivity index (χ2v) is 15.6. The van der Waals surface area contributed by atoms with Crippen LogP contribution in [-0.4, -0.2) is 19.5 Å². The number of hydrogen-bond acceptors (Lipinski definition) is 4. The van der Waals surface area contributed by atoms with Crippen LogP contribution in [0.3, 0.4) is 0 Å². The molecule has 0 aliphatic heterocycles. The van der Waals surface area contributed by atoms with Crippen molar-refractivity contribution in [3.05, 3.63) is 194 Å². The van der Waals surface area contributed by atoms with E-state index >= 15 is 0 Å². The maximum absolute atomic E-state index is 7.07. The summed E-state index contributed by atoms with van der Waals surface area (Å²) in [6, 6.07) is 68.7. The molecule has 0 spiro atoms. The number of benzene rings is 10. The van der Waals surface area contributed by atoms with Crippen LogP contribution < -0.4 is 0 Å². The summed E-state index contributed by atoms with van der Waals surface area (Å²) in [7, 11) is 0. The summed E-state index contributed by atoms with van der Waals surface area (Å²) in [5, 5.41) is 13.8. The van der Waals surface area contributed by atoms with Crippen molar-refractivity contribution < 1.29 is 4.42 Å². The highest BCUT2D eigenvalue weighted by molar-refractivity contribution is 6.24. The van der Waals surface area contributed by atoms with Crippen LogP contribution in [0.4, 0.5) is 0 Å². The van der Waals surface area contributed by atoms with Gasteiger partial charge < -0.3 is 8.98 Å². The average molecular weight is 765 g/mol. The van der Waals surface area contributed by atoms with Crippen molar-refractivity contribution in [1.29, 1.82) is 0 Å². The summed E-state index contributed by atoms with van der Waals surface area (Å²) in [6.07, 6.45) is 0. The first kappa shape index (κ1) is 32.9. The van der Waals surface area contributed by atoms with Gasteiger partial charge in [-0.2, -0.15) is 0 Å². The summed E-state index contributed by atoms with van der Waals surface area (Å²) in [4.78, 5) is 15.4. The standard InChI is InChI=1S/C55H32N4O/c1-2-15-35(16-3-1)53-56-54(39-26-25-33-13-4-5-17-36(33)29-39)58-55(57-53)45-24-12-23-44-47-32-49(41-21-10-11-22-43(41)52(47)60-51(44)45)59-48-31-38-19-7-6-18-37(38)30-46(48)42-28-27-34-14-8-9-20-40(34)50(42)59/h1-32H. The van der Waals surface area contributed by atoms with Gasteiger partial charge >= 0.3 is 0 Å². The highest BCUT2D eigenvalue weighted by atomic mass is 16.3.